The molecule has 0 unspecified atom stereocenters. The van der Waals surface area contributed by atoms with Crippen molar-refractivity contribution in [2.45, 2.75) is 6.92 Å². The van der Waals surface area contributed by atoms with E-state index >= 15 is 0 Å². The number of nitrogens with one attached hydrogen (secondary N) is 2. The van der Waals surface area contributed by atoms with E-state index < -0.39 is 11.7 Å². The number of rotatable bonds is 2. The maximum atomic E-state index is 13.1. The number of hydrogen-bond donors (Lipinski definition) is 2. The average Bonchev–Trinajstić information content (AvgIpc) is 2.34. The van der Waals surface area contributed by atoms with Gasteiger partial charge in [0.1, 0.15) is 5.82 Å². The Morgan fingerprint density at radius 3 is 2.78 bits per heavy atom. The lowest BCUT2D eigenvalue weighted by molar-refractivity contribution is 0.102. The number of hydrogen-bond acceptors (Lipinski definition) is 2. The number of carbonyl (C=O) groups excluding carboxylic acids is 1. The molecule has 0 saturated carbocycles. The van der Waals surface area contributed by atoms with Gasteiger partial charge in [0.25, 0.3) is 5.91 Å². The molecule has 2 rings (SSSR count). The van der Waals surface area contributed by atoms with E-state index in [0.717, 1.165) is 5.56 Å². The normalized spacial score (nSPS) is 10.1. The highest BCUT2D eigenvalue weighted by molar-refractivity contribution is 6.04. The summed E-state index contributed by atoms with van der Waals surface area (Å²) in [5.41, 5.74) is 0.996. The largest absolute Gasteiger partial charge is 0.329 e. The van der Waals surface area contributed by atoms with E-state index in [2.05, 4.69) is 10.3 Å². The van der Waals surface area contributed by atoms with Crippen LogP contribution in [-0.2, 0) is 0 Å². The van der Waals surface area contributed by atoms with Crippen LogP contribution in [-0.4, -0.2) is 10.9 Å². The maximum Gasteiger partial charge on any atom is 0.255 e. The Morgan fingerprint density at radius 1 is 1.28 bits per heavy atom. The first-order chi connectivity index (χ1) is 8.56. The summed E-state index contributed by atoms with van der Waals surface area (Å²) in [6, 6.07) is 6.79. The summed E-state index contributed by atoms with van der Waals surface area (Å²) in [6.45, 7) is 1.76. The number of aromatic amines is 1. The fourth-order valence-corrected chi connectivity index (χ4v) is 1.51. The molecule has 0 radical (unpaired) electrons. The highest BCUT2D eigenvalue weighted by atomic mass is 19.1. The molecule has 0 aliphatic heterocycles. The second-order valence-electron chi connectivity index (χ2n) is 3.85. The quantitative estimate of drug-likeness (QED) is 0.852. The number of carbonyl (C=O) groups is 1. The molecule has 4 nitrogen and oxygen atoms in total. The van der Waals surface area contributed by atoms with Gasteiger partial charge in [-0.3, -0.25) is 9.59 Å². The van der Waals surface area contributed by atoms with Crippen LogP contribution in [0.15, 0.2) is 41.3 Å². The molecule has 1 heterocycles. The zero-order valence-electron chi connectivity index (χ0n) is 9.66. The highest BCUT2D eigenvalue weighted by Gasteiger charge is 2.08. The van der Waals surface area contributed by atoms with Crippen molar-refractivity contribution in [1.29, 1.82) is 0 Å². The summed E-state index contributed by atoms with van der Waals surface area (Å²) >= 11 is 0. The minimum atomic E-state index is -0.449. The minimum absolute atomic E-state index is 0.224. The molecule has 0 saturated heterocycles. The van der Waals surface area contributed by atoms with Crippen LogP contribution in [0.25, 0.3) is 0 Å². The van der Waals surface area contributed by atoms with Crippen molar-refractivity contribution in [2.75, 3.05) is 5.32 Å². The topological polar surface area (TPSA) is 62.0 Å². The number of H-pyrrole nitrogens is 1. The minimum Gasteiger partial charge on any atom is -0.329 e. The number of anilines is 1. The van der Waals surface area contributed by atoms with E-state index in [1.165, 1.54) is 30.5 Å². The predicted octanol–water partition coefficient (Wildman–Crippen LogP) is 2.07. The SMILES string of the molecule is Cc1ccc(F)cc1NC(=O)c1cc[nH]c(=O)c1. The van der Waals surface area contributed by atoms with Gasteiger partial charge in [-0.25, -0.2) is 4.39 Å². The molecule has 2 N–H and O–H groups in total. The smallest absolute Gasteiger partial charge is 0.255 e. The lowest BCUT2D eigenvalue weighted by Gasteiger charge is -2.08. The fraction of sp³-hybridized carbons (Fsp3) is 0.0769. The molecule has 5 heteroatoms. The summed E-state index contributed by atoms with van der Waals surface area (Å²) in [5, 5.41) is 2.56. The first-order valence-electron chi connectivity index (χ1n) is 5.32. The number of amides is 1. The number of benzene rings is 1. The second-order valence-corrected chi connectivity index (χ2v) is 3.85. The van der Waals surface area contributed by atoms with Crippen LogP contribution < -0.4 is 10.9 Å². The first-order valence-corrected chi connectivity index (χ1v) is 5.32. The average molecular weight is 246 g/mol. The molecule has 18 heavy (non-hydrogen) atoms. The zero-order valence-corrected chi connectivity index (χ0v) is 9.66. The van der Waals surface area contributed by atoms with Gasteiger partial charge in [0.2, 0.25) is 5.56 Å². The van der Waals surface area contributed by atoms with Crippen molar-refractivity contribution in [2.24, 2.45) is 0 Å². The third-order valence-electron chi connectivity index (χ3n) is 2.49. The molecule has 0 aliphatic carbocycles. The van der Waals surface area contributed by atoms with Gasteiger partial charge in [-0.1, -0.05) is 6.07 Å². The van der Waals surface area contributed by atoms with Gasteiger partial charge in [-0.15, -0.1) is 0 Å². The number of aromatic nitrogens is 1. The molecule has 0 atom stereocenters. The molecule has 0 fully saturated rings. The van der Waals surface area contributed by atoms with E-state index in [4.69, 9.17) is 0 Å². The standard InChI is InChI=1S/C13H11FN2O2/c1-8-2-3-10(14)7-11(8)16-13(18)9-4-5-15-12(17)6-9/h2-7H,1H3,(H,15,17)(H,16,18). The maximum absolute atomic E-state index is 13.1. The third-order valence-corrected chi connectivity index (χ3v) is 2.49. The van der Waals surface area contributed by atoms with Crippen molar-refractivity contribution in [1.82, 2.24) is 4.98 Å². The van der Waals surface area contributed by atoms with Crippen molar-refractivity contribution in [3.63, 3.8) is 0 Å². The van der Waals surface area contributed by atoms with E-state index in [0.29, 0.717) is 5.69 Å². The Labute approximate surface area is 102 Å². The van der Waals surface area contributed by atoms with Gasteiger partial charge in [0, 0.05) is 23.5 Å². The number of pyridine rings is 1. The molecule has 1 amide bonds. The first kappa shape index (κ1) is 12.0. The van der Waals surface area contributed by atoms with Crippen molar-refractivity contribution >= 4 is 11.6 Å². The Balaban J connectivity index is 2.26. The molecule has 0 aliphatic rings. The van der Waals surface area contributed by atoms with Crippen LogP contribution in [0, 0.1) is 12.7 Å². The molecular weight excluding hydrogens is 235 g/mol. The molecule has 2 aromatic rings. The van der Waals surface area contributed by atoms with Crippen LogP contribution >= 0.6 is 0 Å². The molecule has 1 aromatic carbocycles. The Kier molecular flexibility index (Phi) is 3.23. The van der Waals surface area contributed by atoms with Crippen molar-refractivity contribution < 1.29 is 9.18 Å². The Hall–Kier alpha value is -2.43. The van der Waals surface area contributed by atoms with Gasteiger partial charge in [-0.05, 0) is 30.7 Å². The van der Waals surface area contributed by atoms with Gasteiger partial charge < -0.3 is 10.3 Å². The summed E-state index contributed by atoms with van der Waals surface area (Å²) in [4.78, 5) is 25.3. The van der Waals surface area contributed by atoms with Crippen LogP contribution in [0.2, 0.25) is 0 Å². The Bertz CT molecular complexity index is 649. The van der Waals surface area contributed by atoms with Crippen LogP contribution in [0.5, 0.6) is 0 Å². The van der Waals surface area contributed by atoms with E-state index in [1.807, 2.05) is 0 Å². The van der Waals surface area contributed by atoms with Crippen LogP contribution in [0.1, 0.15) is 15.9 Å². The van der Waals surface area contributed by atoms with E-state index in [-0.39, 0.29) is 11.1 Å². The fourth-order valence-electron chi connectivity index (χ4n) is 1.51. The number of halogens is 1. The van der Waals surface area contributed by atoms with Crippen molar-refractivity contribution in [3.8, 4) is 0 Å². The van der Waals surface area contributed by atoms with E-state index in [1.54, 1.807) is 13.0 Å². The molecule has 0 spiro atoms. The number of aryl methyl sites for hydroxylation is 1. The van der Waals surface area contributed by atoms with Crippen LogP contribution in [0.4, 0.5) is 10.1 Å². The Morgan fingerprint density at radius 2 is 2.06 bits per heavy atom. The van der Waals surface area contributed by atoms with Crippen molar-refractivity contribution in [3.05, 3.63) is 63.8 Å². The van der Waals surface area contributed by atoms with Gasteiger partial charge in [0.15, 0.2) is 0 Å². The molecular formula is C13H11FN2O2. The zero-order chi connectivity index (χ0) is 13.1. The van der Waals surface area contributed by atoms with Crippen LogP contribution in [0.3, 0.4) is 0 Å². The van der Waals surface area contributed by atoms with Gasteiger partial charge >= 0.3 is 0 Å². The highest BCUT2D eigenvalue weighted by Crippen LogP contribution is 2.16. The summed E-state index contributed by atoms with van der Waals surface area (Å²) in [5.74, 6) is -0.878. The lowest BCUT2D eigenvalue weighted by atomic mass is 10.2. The lowest BCUT2D eigenvalue weighted by Crippen LogP contribution is -2.16. The monoisotopic (exact) mass is 246 g/mol. The van der Waals surface area contributed by atoms with E-state index in [9.17, 15) is 14.0 Å². The summed E-state index contributed by atoms with van der Waals surface area (Å²) in [6.07, 6.45) is 1.38. The second kappa shape index (κ2) is 4.83. The van der Waals surface area contributed by atoms with Gasteiger partial charge in [-0.2, -0.15) is 0 Å². The summed E-state index contributed by atoms with van der Waals surface area (Å²) < 4.78 is 13.1. The molecule has 92 valence electrons. The summed E-state index contributed by atoms with van der Waals surface area (Å²) in [7, 11) is 0. The predicted molar refractivity (Wildman–Crippen MR) is 66.2 cm³/mol. The molecule has 1 aromatic heterocycles. The third kappa shape index (κ3) is 2.63. The van der Waals surface area contributed by atoms with Gasteiger partial charge in [0.05, 0.1) is 0 Å². The molecule has 0 bridgehead atoms.